The lowest BCUT2D eigenvalue weighted by Crippen LogP contribution is -2.53. The van der Waals surface area contributed by atoms with E-state index in [1.165, 1.54) is 11.4 Å². The molecule has 1 saturated heterocycles. The molecule has 0 spiro atoms. The highest BCUT2D eigenvalue weighted by atomic mass is 32.1. The molecule has 2 rings (SSSR count). The Labute approximate surface area is 144 Å². The van der Waals surface area contributed by atoms with Gasteiger partial charge in [-0.25, -0.2) is 9.98 Å². The SMILES string of the molecule is CCNC(=NCc1nc(C)c(C)s1)N1CCN(CC(C)C)CC1. The molecule has 0 aliphatic carbocycles. The van der Waals surface area contributed by atoms with Gasteiger partial charge in [0.15, 0.2) is 5.96 Å². The van der Waals surface area contributed by atoms with Gasteiger partial charge in [-0.2, -0.15) is 0 Å². The normalized spacial score (nSPS) is 17.1. The zero-order valence-corrected chi connectivity index (χ0v) is 16.0. The minimum absolute atomic E-state index is 0.674. The van der Waals surface area contributed by atoms with E-state index in [2.05, 4.69) is 54.7 Å². The predicted molar refractivity (Wildman–Crippen MR) is 99.3 cm³/mol. The van der Waals surface area contributed by atoms with Crippen molar-refractivity contribution in [3.05, 3.63) is 15.6 Å². The zero-order valence-electron chi connectivity index (χ0n) is 15.2. The van der Waals surface area contributed by atoms with E-state index < -0.39 is 0 Å². The van der Waals surface area contributed by atoms with Crippen LogP contribution < -0.4 is 5.32 Å². The summed E-state index contributed by atoms with van der Waals surface area (Å²) >= 11 is 1.76. The number of aryl methyl sites for hydroxylation is 2. The molecular weight excluding hydrogens is 306 g/mol. The molecule has 130 valence electrons. The summed E-state index contributed by atoms with van der Waals surface area (Å²) in [6.07, 6.45) is 0. The van der Waals surface area contributed by atoms with Crippen molar-refractivity contribution < 1.29 is 0 Å². The third kappa shape index (κ3) is 5.46. The fraction of sp³-hybridized carbons (Fsp3) is 0.765. The largest absolute Gasteiger partial charge is 0.357 e. The van der Waals surface area contributed by atoms with Crippen LogP contribution in [0.1, 0.15) is 36.3 Å². The fourth-order valence-electron chi connectivity index (χ4n) is 2.83. The minimum atomic E-state index is 0.674. The summed E-state index contributed by atoms with van der Waals surface area (Å²) in [5.41, 5.74) is 1.13. The van der Waals surface area contributed by atoms with E-state index in [1.54, 1.807) is 11.3 Å². The van der Waals surface area contributed by atoms with Gasteiger partial charge < -0.3 is 10.2 Å². The standard InChI is InChI=1S/C17H31N5S/c1-6-18-17(19-11-16-20-14(4)15(5)23-16)22-9-7-21(8-10-22)12-13(2)3/h13H,6-12H2,1-5H3,(H,18,19). The highest BCUT2D eigenvalue weighted by molar-refractivity contribution is 7.11. The lowest BCUT2D eigenvalue weighted by molar-refractivity contribution is 0.164. The molecule has 1 N–H and O–H groups in total. The third-order valence-electron chi connectivity index (χ3n) is 4.07. The van der Waals surface area contributed by atoms with Gasteiger partial charge in [-0.1, -0.05) is 13.8 Å². The molecule has 1 aromatic rings. The third-order valence-corrected chi connectivity index (χ3v) is 5.12. The number of nitrogens with zero attached hydrogens (tertiary/aromatic N) is 4. The molecular formula is C17H31N5S. The molecule has 0 atom stereocenters. The Morgan fingerprint density at radius 1 is 1.26 bits per heavy atom. The lowest BCUT2D eigenvalue weighted by Gasteiger charge is -2.37. The Hall–Kier alpha value is -1.14. The van der Waals surface area contributed by atoms with Crippen molar-refractivity contribution in [1.29, 1.82) is 0 Å². The Balaban J connectivity index is 1.94. The van der Waals surface area contributed by atoms with Crippen molar-refractivity contribution in [2.45, 2.75) is 41.2 Å². The number of nitrogens with one attached hydrogen (secondary N) is 1. The first-order chi connectivity index (χ1) is 11.0. The van der Waals surface area contributed by atoms with Gasteiger partial charge in [0.25, 0.3) is 0 Å². The van der Waals surface area contributed by atoms with E-state index in [9.17, 15) is 0 Å². The van der Waals surface area contributed by atoms with Crippen LogP contribution in [0.4, 0.5) is 0 Å². The quantitative estimate of drug-likeness (QED) is 0.662. The van der Waals surface area contributed by atoms with E-state index in [0.717, 1.165) is 55.3 Å². The highest BCUT2D eigenvalue weighted by Crippen LogP contribution is 2.17. The summed E-state index contributed by atoms with van der Waals surface area (Å²) in [4.78, 5) is 15.6. The number of hydrogen-bond donors (Lipinski definition) is 1. The average molecular weight is 338 g/mol. The molecule has 0 unspecified atom stereocenters. The maximum atomic E-state index is 4.81. The second-order valence-corrected chi connectivity index (χ2v) is 7.89. The van der Waals surface area contributed by atoms with Crippen molar-refractivity contribution in [3.8, 4) is 0 Å². The zero-order chi connectivity index (χ0) is 16.8. The molecule has 1 fully saturated rings. The summed E-state index contributed by atoms with van der Waals surface area (Å²) in [7, 11) is 0. The van der Waals surface area contributed by atoms with Crippen LogP contribution in [0.2, 0.25) is 0 Å². The molecule has 0 saturated carbocycles. The molecule has 0 radical (unpaired) electrons. The van der Waals surface area contributed by atoms with Crippen LogP contribution in [-0.2, 0) is 6.54 Å². The van der Waals surface area contributed by atoms with Gasteiger partial charge in [-0.05, 0) is 26.7 Å². The first-order valence-electron chi connectivity index (χ1n) is 8.68. The molecule has 0 aromatic carbocycles. The highest BCUT2D eigenvalue weighted by Gasteiger charge is 2.20. The maximum Gasteiger partial charge on any atom is 0.194 e. The van der Waals surface area contributed by atoms with Crippen LogP contribution in [0.15, 0.2) is 4.99 Å². The van der Waals surface area contributed by atoms with Crippen LogP contribution in [0, 0.1) is 19.8 Å². The van der Waals surface area contributed by atoms with Crippen molar-refractivity contribution in [3.63, 3.8) is 0 Å². The molecule has 6 heteroatoms. The topological polar surface area (TPSA) is 43.8 Å². The summed E-state index contributed by atoms with van der Waals surface area (Å²) in [5.74, 6) is 1.77. The second kappa shape index (κ2) is 8.64. The van der Waals surface area contributed by atoms with E-state index in [-0.39, 0.29) is 0 Å². The predicted octanol–water partition coefficient (Wildman–Crippen LogP) is 2.50. The number of aliphatic imine (C=N–C) groups is 1. The monoisotopic (exact) mass is 337 g/mol. The summed E-state index contributed by atoms with van der Waals surface area (Å²) < 4.78 is 0. The first kappa shape index (κ1) is 18.2. The van der Waals surface area contributed by atoms with Gasteiger partial charge in [0.1, 0.15) is 5.01 Å². The van der Waals surface area contributed by atoms with Crippen molar-refractivity contribution in [1.82, 2.24) is 20.1 Å². The van der Waals surface area contributed by atoms with Gasteiger partial charge in [0.05, 0.1) is 12.2 Å². The minimum Gasteiger partial charge on any atom is -0.357 e. The van der Waals surface area contributed by atoms with Crippen molar-refractivity contribution in [2.75, 3.05) is 39.3 Å². The van der Waals surface area contributed by atoms with Crippen LogP contribution in [-0.4, -0.2) is 60.0 Å². The van der Waals surface area contributed by atoms with Crippen molar-refractivity contribution in [2.24, 2.45) is 10.9 Å². The molecule has 5 nitrogen and oxygen atoms in total. The van der Waals surface area contributed by atoms with E-state index in [4.69, 9.17) is 4.99 Å². The van der Waals surface area contributed by atoms with Gasteiger partial charge in [-0.15, -0.1) is 11.3 Å². The lowest BCUT2D eigenvalue weighted by atomic mass is 10.2. The molecule has 1 aliphatic heterocycles. The number of thiazole rings is 1. The van der Waals surface area contributed by atoms with Gasteiger partial charge in [-0.3, -0.25) is 4.90 Å². The first-order valence-corrected chi connectivity index (χ1v) is 9.49. The van der Waals surface area contributed by atoms with E-state index in [0.29, 0.717) is 6.54 Å². The Bertz CT molecular complexity index is 496. The average Bonchev–Trinajstić information content (AvgIpc) is 2.82. The van der Waals surface area contributed by atoms with Crippen molar-refractivity contribution >= 4 is 17.3 Å². The maximum absolute atomic E-state index is 4.81. The molecule has 2 heterocycles. The van der Waals surface area contributed by atoms with Crippen LogP contribution in [0.5, 0.6) is 0 Å². The second-order valence-electron chi connectivity index (χ2n) is 6.60. The number of guanidine groups is 1. The molecule has 0 bridgehead atoms. The summed E-state index contributed by atoms with van der Waals surface area (Å²) in [5, 5.41) is 4.54. The number of aromatic nitrogens is 1. The number of rotatable bonds is 5. The molecule has 1 aromatic heterocycles. The van der Waals surface area contributed by atoms with Gasteiger partial charge in [0, 0.05) is 44.1 Å². The summed E-state index contributed by atoms with van der Waals surface area (Å²) in [6, 6.07) is 0. The fourth-order valence-corrected chi connectivity index (χ4v) is 3.69. The van der Waals surface area contributed by atoms with Crippen LogP contribution >= 0.6 is 11.3 Å². The van der Waals surface area contributed by atoms with Crippen LogP contribution in [0.3, 0.4) is 0 Å². The van der Waals surface area contributed by atoms with E-state index >= 15 is 0 Å². The summed E-state index contributed by atoms with van der Waals surface area (Å²) in [6.45, 7) is 18.0. The number of piperazine rings is 1. The Kier molecular flexibility index (Phi) is 6.84. The smallest absolute Gasteiger partial charge is 0.194 e. The molecule has 23 heavy (non-hydrogen) atoms. The van der Waals surface area contributed by atoms with Gasteiger partial charge in [0.2, 0.25) is 0 Å². The van der Waals surface area contributed by atoms with Crippen LogP contribution in [0.25, 0.3) is 0 Å². The molecule has 0 amide bonds. The van der Waals surface area contributed by atoms with Gasteiger partial charge >= 0.3 is 0 Å². The Morgan fingerprint density at radius 2 is 1.96 bits per heavy atom. The Morgan fingerprint density at radius 3 is 2.48 bits per heavy atom. The number of hydrogen-bond acceptors (Lipinski definition) is 4. The molecule has 1 aliphatic rings. The van der Waals surface area contributed by atoms with E-state index in [1.807, 2.05) is 0 Å².